The van der Waals surface area contributed by atoms with Gasteiger partial charge in [-0.1, -0.05) is 152 Å². The molecule has 3 heteroatoms. The Morgan fingerprint density at radius 2 is 0.983 bits per heavy atom. The van der Waals surface area contributed by atoms with Crippen LogP contribution in [0.2, 0.25) is 0 Å². The first-order valence-corrected chi connectivity index (χ1v) is 20.2. The second-order valence-electron chi connectivity index (χ2n) is 15.3. The second kappa shape index (κ2) is 13.4. The fourth-order valence-electron chi connectivity index (χ4n) is 9.29. The van der Waals surface area contributed by atoms with Gasteiger partial charge in [0.05, 0.1) is 16.7 Å². The summed E-state index contributed by atoms with van der Waals surface area (Å²) in [7, 11) is 0. The van der Waals surface area contributed by atoms with Gasteiger partial charge in [-0.3, -0.25) is 0 Å². The summed E-state index contributed by atoms with van der Waals surface area (Å²) in [6.07, 6.45) is 0. The summed E-state index contributed by atoms with van der Waals surface area (Å²) in [5.74, 6) is 0. The largest absolute Gasteiger partial charge is 0.456 e. The molecule has 0 aliphatic heterocycles. The summed E-state index contributed by atoms with van der Waals surface area (Å²) in [4.78, 5) is 2.43. The van der Waals surface area contributed by atoms with Gasteiger partial charge < -0.3 is 13.9 Å². The minimum Gasteiger partial charge on any atom is -0.456 e. The van der Waals surface area contributed by atoms with Gasteiger partial charge in [0, 0.05) is 50.2 Å². The molecule has 0 aliphatic carbocycles. The minimum atomic E-state index is 0.852. The maximum Gasteiger partial charge on any atom is 0.137 e. The van der Waals surface area contributed by atoms with E-state index in [9.17, 15) is 0 Å². The Labute approximate surface area is 341 Å². The number of furan rings is 1. The highest BCUT2D eigenvalue weighted by molar-refractivity contribution is 6.12. The lowest BCUT2D eigenvalue weighted by atomic mass is 9.89. The van der Waals surface area contributed by atoms with Crippen LogP contribution < -0.4 is 4.90 Å². The minimum absolute atomic E-state index is 0.852. The Hall–Kier alpha value is -7.88. The van der Waals surface area contributed by atoms with Gasteiger partial charge in [-0.05, 0) is 98.9 Å². The number of benzene rings is 10. The SMILES string of the molecule is c1ccc(-n2c3ccccc3c3ccc(N(c4ccc5c(c4)oc4ccccc45)c4cccc(-c5cccc6ccccc56)c4-c4ccc5ccccc5c4)cc32)cc1. The Morgan fingerprint density at radius 3 is 1.86 bits per heavy atom. The summed E-state index contributed by atoms with van der Waals surface area (Å²) in [6, 6.07) is 79.0. The van der Waals surface area contributed by atoms with Gasteiger partial charge in [0.25, 0.3) is 0 Å². The number of anilines is 3. The molecular weight excluding hydrogens is 717 g/mol. The van der Waals surface area contributed by atoms with Crippen LogP contribution >= 0.6 is 0 Å². The van der Waals surface area contributed by atoms with Crippen LogP contribution in [0.4, 0.5) is 17.1 Å². The predicted octanol–water partition coefficient (Wildman–Crippen LogP) is 15.8. The zero-order chi connectivity index (χ0) is 38.9. The molecule has 10 aromatic carbocycles. The van der Waals surface area contributed by atoms with Gasteiger partial charge in [0.1, 0.15) is 11.2 Å². The van der Waals surface area contributed by atoms with Gasteiger partial charge >= 0.3 is 0 Å². The smallest absolute Gasteiger partial charge is 0.137 e. The molecule has 12 aromatic rings. The van der Waals surface area contributed by atoms with Crippen molar-refractivity contribution in [2.75, 3.05) is 4.90 Å². The third-order valence-corrected chi connectivity index (χ3v) is 12.0. The van der Waals surface area contributed by atoms with Crippen molar-refractivity contribution in [1.29, 1.82) is 0 Å². The summed E-state index contributed by atoms with van der Waals surface area (Å²) in [6.45, 7) is 0. The van der Waals surface area contributed by atoms with E-state index in [1.807, 2.05) is 6.07 Å². The topological polar surface area (TPSA) is 21.3 Å². The van der Waals surface area contributed by atoms with E-state index >= 15 is 0 Å². The molecule has 3 nitrogen and oxygen atoms in total. The normalized spacial score (nSPS) is 11.7. The molecule has 12 rings (SSSR count). The molecular formula is C56H36N2O. The third kappa shape index (κ3) is 5.36. The molecule has 0 unspecified atom stereocenters. The average Bonchev–Trinajstić information content (AvgIpc) is 3.84. The zero-order valence-corrected chi connectivity index (χ0v) is 32.1. The van der Waals surface area contributed by atoms with Crippen LogP contribution in [0.25, 0.3) is 93.2 Å². The molecule has 0 amide bonds. The van der Waals surface area contributed by atoms with Crippen molar-refractivity contribution in [3.8, 4) is 27.9 Å². The fraction of sp³-hybridized carbons (Fsp3) is 0. The van der Waals surface area contributed by atoms with Gasteiger partial charge in [-0.15, -0.1) is 0 Å². The van der Waals surface area contributed by atoms with Crippen LogP contribution in [0.5, 0.6) is 0 Å². The van der Waals surface area contributed by atoms with Crippen molar-refractivity contribution < 1.29 is 4.42 Å². The van der Waals surface area contributed by atoms with E-state index in [0.29, 0.717) is 0 Å². The predicted molar refractivity (Wildman–Crippen MR) is 249 cm³/mol. The standard InChI is InChI=1S/C56H36N2O/c1-2-18-41(19-3-1)58-51-25-10-8-21-46(51)47-32-30-42(35-53(47)58)57(43-31-33-49-48-22-9-11-27-54(48)59-55(49)36-43)52-26-13-24-50(45-23-12-17-38-15-6-7-20-44(38)45)56(52)40-29-28-37-14-4-5-16-39(37)34-40/h1-36H. The molecule has 0 atom stereocenters. The number of para-hydroxylation sites is 3. The highest BCUT2D eigenvalue weighted by Crippen LogP contribution is 2.49. The van der Waals surface area contributed by atoms with Crippen LogP contribution in [-0.4, -0.2) is 4.57 Å². The molecule has 2 heterocycles. The van der Waals surface area contributed by atoms with Crippen LogP contribution in [0.3, 0.4) is 0 Å². The monoisotopic (exact) mass is 752 g/mol. The van der Waals surface area contributed by atoms with Crippen molar-refractivity contribution in [2.45, 2.75) is 0 Å². The lowest BCUT2D eigenvalue weighted by Crippen LogP contribution is -2.12. The maximum atomic E-state index is 6.58. The molecule has 0 spiro atoms. The van der Waals surface area contributed by atoms with E-state index in [-0.39, 0.29) is 0 Å². The van der Waals surface area contributed by atoms with Crippen LogP contribution in [0.1, 0.15) is 0 Å². The Morgan fingerprint density at radius 1 is 0.356 bits per heavy atom. The summed E-state index contributed by atoms with van der Waals surface area (Å²) in [5, 5.41) is 9.50. The maximum absolute atomic E-state index is 6.58. The molecule has 0 N–H and O–H groups in total. The fourth-order valence-corrected chi connectivity index (χ4v) is 9.29. The Bertz CT molecular complexity index is 3570. The number of aromatic nitrogens is 1. The lowest BCUT2D eigenvalue weighted by molar-refractivity contribution is 0.669. The number of hydrogen-bond donors (Lipinski definition) is 0. The molecule has 0 radical (unpaired) electrons. The Kier molecular flexibility index (Phi) is 7.54. The van der Waals surface area contributed by atoms with Crippen LogP contribution in [-0.2, 0) is 0 Å². The number of hydrogen-bond acceptors (Lipinski definition) is 2. The van der Waals surface area contributed by atoms with E-state index in [1.54, 1.807) is 0 Å². The van der Waals surface area contributed by atoms with Gasteiger partial charge in [-0.25, -0.2) is 0 Å². The van der Waals surface area contributed by atoms with Crippen LogP contribution in [0, 0.1) is 0 Å². The van der Waals surface area contributed by atoms with Gasteiger partial charge in [0.15, 0.2) is 0 Å². The lowest BCUT2D eigenvalue weighted by Gasteiger charge is -2.29. The molecule has 0 saturated heterocycles. The van der Waals surface area contributed by atoms with E-state index in [2.05, 4.69) is 222 Å². The Balaban J connectivity index is 1.19. The van der Waals surface area contributed by atoms with Gasteiger partial charge in [0.2, 0.25) is 0 Å². The van der Waals surface area contributed by atoms with Crippen molar-refractivity contribution >= 4 is 82.4 Å². The van der Waals surface area contributed by atoms with Crippen LogP contribution in [0.15, 0.2) is 223 Å². The third-order valence-electron chi connectivity index (χ3n) is 12.0. The average molecular weight is 753 g/mol. The molecule has 0 bridgehead atoms. The molecule has 2 aromatic heterocycles. The highest BCUT2D eigenvalue weighted by atomic mass is 16.3. The summed E-state index contributed by atoms with van der Waals surface area (Å²) in [5.41, 5.74) is 13.0. The number of fused-ring (bicyclic) bond motifs is 8. The van der Waals surface area contributed by atoms with E-state index in [4.69, 9.17) is 4.42 Å². The number of nitrogens with zero attached hydrogens (tertiary/aromatic N) is 2. The van der Waals surface area contributed by atoms with Gasteiger partial charge in [-0.2, -0.15) is 0 Å². The van der Waals surface area contributed by atoms with Crippen molar-refractivity contribution in [3.63, 3.8) is 0 Å². The summed E-state index contributed by atoms with van der Waals surface area (Å²) >= 11 is 0. The van der Waals surface area contributed by atoms with E-state index in [1.165, 1.54) is 49.0 Å². The van der Waals surface area contributed by atoms with E-state index in [0.717, 1.165) is 61.3 Å². The molecule has 276 valence electrons. The first-order chi connectivity index (χ1) is 29.3. The molecule has 0 aliphatic rings. The molecule has 59 heavy (non-hydrogen) atoms. The number of rotatable bonds is 6. The summed E-state index contributed by atoms with van der Waals surface area (Å²) < 4.78 is 8.97. The zero-order valence-electron chi connectivity index (χ0n) is 32.1. The van der Waals surface area contributed by atoms with Crippen molar-refractivity contribution in [1.82, 2.24) is 4.57 Å². The van der Waals surface area contributed by atoms with Crippen molar-refractivity contribution in [2.24, 2.45) is 0 Å². The second-order valence-corrected chi connectivity index (χ2v) is 15.3. The quantitative estimate of drug-likeness (QED) is 0.169. The van der Waals surface area contributed by atoms with E-state index < -0.39 is 0 Å². The molecule has 0 saturated carbocycles. The highest BCUT2D eigenvalue weighted by Gasteiger charge is 2.24. The molecule has 0 fully saturated rings. The first kappa shape index (κ1) is 33.3. The first-order valence-electron chi connectivity index (χ1n) is 20.2. The van der Waals surface area contributed by atoms with Crippen molar-refractivity contribution in [3.05, 3.63) is 218 Å².